The van der Waals surface area contributed by atoms with E-state index in [1.165, 1.54) is 11.1 Å². The standard InChI is InChI=1S/C16H13N3/c17-12-14-1-2-16-15(11-14)6-10-19(16)9-5-13-3-7-18-8-4-13/h1-4,6-8,10-11H,5,9H2. The van der Waals surface area contributed by atoms with Crippen LogP contribution >= 0.6 is 0 Å². The van der Waals surface area contributed by atoms with Crippen LogP contribution in [0.1, 0.15) is 11.1 Å². The molecule has 0 saturated heterocycles. The van der Waals surface area contributed by atoms with Gasteiger partial charge in [-0.2, -0.15) is 5.26 Å². The number of pyridine rings is 1. The second kappa shape index (κ2) is 4.95. The Morgan fingerprint density at radius 3 is 2.74 bits per heavy atom. The fraction of sp³-hybridized carbons (Fsp3) is 0.125. The van der Waals surface area contributed by atoms with Gasteiger partial charge in [-0.05, 0) is 48.4 Å². The Labute approximate surface area is 111 Å². The Kier molecular flexibility index (Phi) is 2.99. The summed E-state index contributed by atoms with van der Waals surface area (Å²) in [5.41, 5.74) is 3.16. The van der Waals surface area contributed by atoms with E-state index in [0.717, 1.165) is 18.4 Å². The zero-order chi connectivity index (χ0) is 13.1. The van der Waals surface area contributed by atoms with Crippen LogP contribution in [0.15, 0.2) is 55.0 Å². The minimum absolute atomic E-state index is 0.708. The second-order valence-corrected chi connectivity index (χ2v) is 4.50. The zero-order valence-corrected chi connectivity index (χ0v) is 10.5. The molecule has 0 aliphatic heterocycles. The maximum atomic E-state index is 8.89. The number of benzene rings is 1. The molecule has 92 valence electrons. The summed E-state index contributed by atoms with van der Waals surface area (Å²) in [5.74, 6) is 0. The summed E-state index contributed by atoms with van der Waals surface area (Å²) in [6.45, 7) is 0.930. The molecular formula is C16H13N3. The maximum Gasteiger partial charge on any atom is 0.0991 e. The molecule has 0 spiro atoms. The Morgan fingerprint density at radius 2 is 1.95 bits per heavy atom. The molecule has 19 heavy (non-hydrogen) atoms. The summed E-state index contributed by atoms with van der Waals surface area (Å²) in [6.07, 6.45) is 6.70. The van der Waals surface area contributed by atoms with Gasteiger partial charge in [0.25, 0.3) is 0 Å². The number of aromatic nitrogens is 2. The largest absolute Gasteiger partial charge is 0.347 e. The molecule has 0 bridgehead atoms. The van der Waals surface area contributed by atoms with Crippen LogP contribution in [0, 0.1) is 11.3 Å². The molecule has 0 amide bonds. The summed E-state index contributed by atoms with van der Waals surface area (Å²) < 4.78 is 2.22. The van der Waals surface area contributed by atoms with E-state index < -0.39 is 0 Å². The van der Waals surface area contributed by atoms with E-state index in [4.69, 9.17) is 5.26 Å². The van der Waals surface area contributed by atoms with Gasteiger partial charge in [-0.1, -0.05) is 0 Å². The number of hydrogen-bond acceptors (Lipinski definition) is 2. The van der Waals surface area contributed by atoms with Crippen molar-refractivity contribution < 1.29 is 0 Å². The molecule has 0 saturated carbocycles. The molecule has 0 atom stereocenters. The van der Waals surface area contributed by atoms with Crippen molar-refractivity contribution >= 4 is 10.9 Å². The molecule has 3 heteroatoms. The van der Waals surface area contributed by atoms with Gasteiger partial charge in [0.05, 0.1) is 11.6 Å². The first kappa shape index (κ1) is 11.5. The lowest BCUT2D eigenvalue weighted by Crippen LogP contribution is -1.99. The van der Waals surface area contributed by atoms with Crippen LogP contribution in [-0.4, -0.2) is 9.55 Å². The van der Waals surface area contributed by atoms with Crippen molar-refractivity contribution in [3.8, 4) is 6.07 Å². The van der Waals surface area contributed by atoms with Crippen LogP contribution in [0.2, 0.25) is 0 Å². The van der Waals surface area contributed by atoms with Crippen LogP contribution in [0.4, 0.5) is 0 Å². The summed E-state index contributed by atoms with van der Waals surface area (Å²) in [4.78, 5) is 4.02. The summed E-state index contributed by atoms with van der Waals surface area (Å²) >= 11 is 0. The van der Waals surface area contributed by atoms with Gasteiger partial charge in [0, 0.05) is 36.0 Å². The zero-order valence-electron chi connectivity index (χ0n) is 10.5. The number of hydrogen-bond donors (Lipinski definition) is 0. The summed E-state index contributed by atoms with van der Waals surface area (Å²) in [7, 11) is 0. The lowest BCUT2D eigenvalue weighted by Gasteiger charge is -2.05. The van der Waals surface area contributed by atoms with Crippen LogP contribution in [0.5, 0.6) is 0 Å². The van der Waals surface area contributed by atoms with Crippen molar-refractivity contribution in [1.82, 2.24) is 9.55 Å². The average molecular weight is 247 g/mol. The van der Waals surface area contributed by atoms with Crippen molar-refractivity contribution in [3.63, 3.8) is 0 Å². The van der Waals surface area contributed by atoms with E-state index >= 15 is 0 Å². The maximum absolute atomic E-state index is 8.89. The topological polar surface area (TPSA) is 41.6 Å². The molecule has 1 aromatic carbocycles. The first-order valence-electron chi connectivity index (χ1n) is 6.25. The van der Waals surface area contributed by atoms with E-state index in [2.05, 4.69) is 27.9 Å². The van der Waals surface area contributed by atoms with E-state index in [-0.39, 0.29) is 0 Å². The van der Waals surface area contributed by atoms with Gasteiger partial charge < -0.3 is 4.57 Å². The highest BCUT2D eigenvalue weighted by Gasteiger charge is 2.02. The molecule has 2 aromatic heterocycles. The average Bonchev–Trinajstić information content (AvgIpc) is 2.88. The quantitative estimate of drug-likeness (QED) is 0.713. The minimum Gasteiger partial charge on any atom is -0.347 e. The molecular weight excluding hydrogens is 234 g/mol. The second-order valence-electron chi connectivity index (χ2n) is 4.50. The van der Waals surface area contributed by atoms with Gasteiger partial charge in [0.15, 0.2) is 0 Å². The summed E-state index contributed by atoms with van der Waals surface area (Å²) in [5, 5.41) is 10.0. The first-order chi connectivity index (χ1) is 9.36. The Hall–Kier alpha value is -2.60. The smallest absolute Gasteiger partial charge is 0.0991 e. The minimum atomic E-state index is 0.708. The SMILES string of the molecule is N#Cc1ccc2c(ccn2CCc2ccncc2)c1. The van der Waals surface area contributed by atoms with Crippen LogP contribution in [0.25, 0.3) is 10.9 Å². The van der Waals surface area contributed by atoms with E-state index in [0.29, 0.717) is 5.56 Å². The lowest BCUT2D eigenvalue weighted by atomic mass is 10.1. The Bertz CT molecular complexity index is 736. The van der Waals surface area contributed by atoms with Crippen molar-refractivity contribution in [2.24, 2.45) is 0 Å². The predicted molar refractivity (Wildman–Crippen MR) is 74.6 cm³/mol. The van der Waals surface area contributed by atoms with Gasteiger partial charge >= 0.3 is 0 Å². The van der Waals surface area contributed by atoms with Gasteiger partial charge in [0.1, 0.15) is 0 Å². The van der Waals surface area contributed by atoms with Gasteiger partial charge in [-0.3, -0.25) is 4.98 Å². The molecule has 2 heterocycles. The Balaban J connectivity index is 1.84. The number of fused-ring (bicyclic) bond motifs is 1. The predicted octanol–water partition coefficient (Wildman–Crippen LogP) is 3.15. The number of rotatable bonds is 3. The third kappa shape index (κ3) is 2.34. The molecule has 3 nitrogen and oxygen atoms in total. The van der Waals surface area contributed by atoms with Gasteiger partial charge in [0.2, 0.25) is 0 Å². The normalized spacial score (nSPS) is 10.5. The Morgan fingerprint density at radius 1 is 1.11 bits per heavy atom. The molecule has 3 aromatic rings. The highest BCUT2D eigenvalue weighted by atomic mass is 14.9. The van der Waals surface area contributed by atoms with Crippen molar-refractivity contribution in [2.45, 2.75) is 13.0 Å². The monoisotopic (exact) mass is 247 g/mol. The van der Waals surface area contributed by atoms with Crippen LogP contribution < -0.4 is 0 Å². The van der Waals surface area contributed by atoms with E-state index in [9.17, 15) is 0 Å². The molecule has 0 aliphatic carbocycles. The molecule has 0 aliphatic rings. The third-order valence-electron chi connectivity index (χ3n) is 3.29. The first-order valence-corrected chi connectivity index (χ1v) is 6.25. The van der Waals surface area contributed by atoms with Crippen LogP contribution in [0.3, 0.4) is 0 Å². The highest BCUT2D eigenvalue weighted by molar-refractivity contribution is 5.81. The molecule has 3 rings (SSSR count). The van der Waals surface area contributed by atoms with Gasteiger partial charge in [-0.15, -0.1) is 0 Å². The molecule has 0 N–H and O–H groups in total. The third-order valence-corrected chi connectivity index (χ3v) is 3.29. The number of nitriles is 1. The van der Waals surface area contributed by atoms with E-state index in [1.807, 2.05) is 42.7 Å². The fourth-order valence-corrected chi connectivity index (χ4v) is 2.26. The van der Waals surface area contributed by atoms with Gasteiger partial charge in [-0.25, -0.2) is 0 Å². The molecule has 0 fully saturated rings. The van der Waals surface area contributed by atoms with E-state index in [1.54, 1.807) is 0 Å². The van der Waals surface area contributed by atoms with Crippen molar-refractivity contribution in [1.29, 1.82) is 5.26 Å². The molecule has 0 unspecified atom stereocenters. The summed E-state index contributed by atoms with van der Waals surface area (Å²) in [6, 6.07) is 14.1. The van der Waals surface area contributed by atoms with Crippen molar-refractivity contribution in [3.05, 3.63) is 66.1 Å². The number of aryl methyl sites for hydroxylation is 2. The van der Waals surface area contributed by atoms with Crippen LogP contribution in [-0.2, 0) is 13.0 Å². The van der Waals surface area contributed by atoms with Crippen molar-refractivity contribution in [2.75, 3.05) is 0 Å². The fourth-order valence-electron chi connectivity index (χ4n) is 2.26. The number of nitrogens with zero attached hydrogens (tertiary/aromatic N) is 3. The highest BCUT2D eigenvalue weighted by Crippen LogP contribution is 2.18. The lowest BCUT2D eigenvalue weighted by molar-refractivity contribution is 0.722. The molecule has 0 radical (unpaired) electrons.